The molecule has 112 valence electrons. The highest BCUT2D eigenvalue weighted by atomic mass is 35.5. The number of carbonyl (C=O) groups is 2. The van der Waals surface area contributed by atoms with Crippen LogP contribution in [0, 0.1) is 5.41 Å². The number of rotatable bonds is 4. The lowest BCUT2D eigenvalue weighted by molar-refractivity contribution is -0.125. The van der Waals surface area contributed by atoms with Gasteiger partial charge in [0, 0.05) is 6.42 Å². The molecule has 0 bridgehead atoms. The lowest BCUT2D eigenvalue weighted by atomic mass is 9.92. The van der Waals surface area contributed by atoms with Gasteiger partial charge in [0.15, 0.2) is 0 Å². The number of amides is 2. The Kier molecular flexibility index (Phi) is 6.99. The van der Waals surface area contributed by atoms with Crippen LogP contribution in [0.4, 0.5) is 11.5 Å². The molecule has 6 nitrogen and oxygen atoms in total. The molecule has 1 aromatic heterocycles. The number of hydrogen-bond donors (Lipinski definition) is 3. The molecule has 20 heavy (non-hydrogen) atoms. The lowest BCUT2D eigenvalue weighted by Crippen LogP contribution is -2.34. The number of carbonyl (C=O) groups excluding carboxylic acids is 2. The zero-order valence-corrected chi connectivity index (χ0v) is 12.7. The minimum absolute atomic E-state index is 0. The number of nitrogens with two attached hydrogens (primary N) is 1. The Bertz CT molecular complexity index is 454. The van der Waals surface area contributed by atoms with Gasteiger partial charge in [-0.3, -0.25) is 9.59 Å². The fourth-order valence-corrected chi connectivity index (χ4v) is 1.41. The van der Waals surface area contributed by atoms with Crippen molar-refractivity contribution < 1.29 is 9.59 Å². The molecule has 0 aliphatic heterocycles. The van der Waals surface area contributed by atoms with Crippen LogP contribution in [-0.2, 0) is 9.59 Å². The number of halogens is 1. The molecule has 4 N–H and O–H groups in total. The summed E-state index contributed by atoms with van der Waals surface area (Å²) in [5, 5.41) is 5.19. The second-order valence-electron chi connectivity index (χ2n) is 5.53. The molecular weight excluding hydrogens is 280 g/mol. The van der Waals surface area contributed by atoms with Crippen molar-refractivity contribution in [2.75, 3.05) is 17.6 Å². The predicted octanol–water partition coefficient (Wildman–Crippen LogP) is 1.58. The van der Waals surface area contributed by atoms with Gasteiger partial charge in [0.2, 0.25) is 11.8 Å². The summed E-state index contributed by atoms with van der Waals surface area (Å²) in [6.07, 6.45) is 1.84. The molecule has 0 spiro atoms. The smallest absolute Gasteiger partial charge is 0.243 e. The maximum Gasteiger partial charge on any atom is 0.243 e. The van der Waals surface area contributed by atoms with E-state index in [4.69, 9.17) is 5.73 Å². The molecule has 0 aliphatic carbocycles. The van der Waals surface area contributed by atoms with Gasteiger partial charge in [0.1, 0.15) is 5.82 Å². The molecule has 0 atom stereocenters. The molecule has 7 heteroatoms. The Hall–Kier alpha value is -1.82. The van der Waals surface area contributed by atoms with Gasteiger partial charge in [-0.25, -0.2) is 4.98 Å². The van der Waals surface area contributed by atoms with Gasteiger partial charge >= 0.3 is 0 Å². The monoisotopic (exact) mass is 300 g/mol. The molecule has 1 heterocycles. The fraction of sp³-hybridized carbons (Fsp3) is 0.462. The van der Waals surface area contributed by atoms with Gasteiger partial charge in [-0.1, -0.05) is 20.8 Å². The normalized spacial score (nSPS) is 10.3. The average Bonchev–Trinajstić information content (AvgIpc) is 2.27. The van der Waals surface area contributed by atoms with E-state index in [0.29, 0.717) is 17.9 Å². The Morgan fingerprint density at radius 2 is 1.90 bits per heavy atom. The van der Waals surface area contributed by atoms with E-state index in [9.17, 15) is 9.59 Å². The van der Waals surface area contributed by atoms with Crippen LogP contribution in [0.3, 0.4) is 0 Å². The maximum atomic E-state index is 11.6. The average molecular weight is 301 g/mol. The third-order valence-corrected chi connectivity index (χ3v) is 2.21. The number of nitrogens with zero attached hydrogens (tertiary/aromatic N) is 1. The second kappa shape index (κ2) is 7.69. The van der Waals surface area contributed by atoms with Crippen molar-refractivity contribution in [1.82, 2.24) is 10.3 Å². The molecular formula is C13H21ClN4O2. The number of aromatic nitrogens is 1. The molecule has 1 rings (SSSR count). The second-order valence-corrected chi connectivity index (χ2v) is 5.53. The molecule has 1 aromatic rings. The number of anilines is 2. The first kappa shape index (κ1) is 18.2. The minimum Gasteiger partial charge on any atom is -0.384 e. The molecule has 0 radical (unpaired) electrons. The number of nitrogens with one attached hydrogen (secondary N) is 2. The van der Waals surface area contributed by atoms with Crippen LogP contribution < -0.4 is 16.4 Å². The van der Waals surface area contributed by atoms with E-state index in [1.807, 2.05) is 20.8 Å². The first-order chi connectivity index (χ1) is 8.76. The van der Waals surface area contributed by atoms with Crippen LogP contribution in [0.25, 0.3) is 0 Å². The van der Waals surface area contributed by atoms with Gasteiger partial charge < -0.3 is 16.4 Å². The van der Waals surface area contributed by atoms with Crippen molar-refractivity contribution in [2.24, 2.45) is 5.41 Å². The van der Waals surface area contributed by atoms with Gasteiger partial charge in [0.25, 0.3) is 0 Å². The molecule has 0 aromatic carbocycles. The molecule has 0 unspecified atom stereocenters. The maximum absolute atomic E-state index is 11.6. The number of hydrogen-bond acceptors (Lipinski definition) is 4. The summed E-state index contributed by atoms with van der Waals surface area (Å²) in [6, 6.07) is 3.24. The van der Waals surface area contributed by atoms with Crippen molar-refractivity contribution in [2.45, 2.75) is 27.2 Å². The van der Waals surface area contributed by atoms with E-state index in [2.05, 4.69) is 15.6 Å². The first-order valence-electron chi connectivity index (χ1n) is 6.04. The summed E-state index contributed by atoms with van der Waals surface area (Å²) in [5.74, 6) is -0.0524. The van der Waals surface area contributed by atoms with Crippen molar-refractivity contribution >= 4 is 35.7 Å². The summed E-state index contributed by atoms with van der Waals surface area (Å²) < 4.78 is 0. The molecule has 0 fully saturated rings. The molecule has 0 saturated heterocycles. The van der Waals surface area contributed by atoms with Crippen molar-refractivity contribution in [1.29, 1.82) is 0 Å². The van der Waals surface area contributed by atoms with Gasteiger partial charge in [-0.05, 0) is 17.5 Å². The van der Waals surface area contributed by atoms with Crippen LogP contribution in [0.15, 0.2) is 18.3 Å². The Morgan fingerprint density at radius 1 is 1.25 bits per heavy atom. The largest absolute Gasteiger partial charge is 0.384 e. The third kappa shape index (κ3) is 7.58. The van der Waals surface area contributed by atoms with E-state index in [1.165, 1.54) is 6.20 Å². The Labute approximate surface area is 124 Å². The van der Waals surface area contributed by atoms with Crippen molar-refractivity contribution in [3.8, 4) is 0 Å². The van der Waals surface area contributed by atoms with E-state index in [1.54, 1.807) is 12.1 Å². The zero-order valence-electron chi connectivity index (χ0n) is 11.9. The first-order valence-corrected chi connectivity index (χ1v) is 6.04. The summed E-state index contributed by atoms with van der Waals surface area (Å²) in [6.45, 7) is 5.84. The summed E-state index contributed by atoms with van der Waals surface area (Å²) in [4.78, 5) is 27.0. The quantitative estimate of drug-likeness (QED) is 0.786. The number of nitrogen functional groups attached to an aromatic ring is 1. The summed E-state index contributed by atoms with van der Waals surface area (Å²) in [5.41, 5.74) is 5.88. The summed E-state index contributed by atoms with van der Waals surface area (Å²) >= 11 is 0. The van der Waals surface area contributed by atoms with Crippen LogP contribution in [0.1, 0.15) is 27.2 Å². The van der Waals surface area contributed by atoms with Gasteiger partial charge in [-0.15, -0.1) is 12.4 Å². The van der Waals surface area contributed by atoms with Crippen LogP contribution in [-0.4, -0.2) is 23.3 Å². The van der Waals surface area contributed by atoms with E-state index < -0.39 is 0 Å². The van der Waals surface area contributed by atoms with E-state index in [-0.39, 0.29) is 36.2 Å². The highest BCUT2D eigenvalue weighted by Crippen LogP contribution is 2.17. The highest BCUT2D eigenvalue weighted by Gasteiger charge is 2.16. The van der Waals surface area contributed by atoms with Gasteiger partial charge in [0.05, 0.1) is 18.4 Å². The minimum atomic E-state index is -0.297. The van der Waals surface area contributed by atoms with Crippen LogP contribution >= 0.6 is 12.4 Å². The Morgan fingerprint density at radius 3 is 2.40 bits per heavy atom. The molecule has 0 saturated carbocycles. The lowest BCUT2D eigenvalue weighted by Gasteiger charge is -2.17. The predicted molar refractivity (Wildman–Crippen MR) is 81.6 cm³/mol. The third-order valence-electron chi connectivity index (χ3n) is 2.21. The molecule has 0 aliphatic rings. The number of pyridine rings is 1. The topological polar surface area (TPSA) is 97.1 Å². The zero-order chi connectivity index (χ0) is 14.5. The molecule has 2 amide bonds. The standard InChI is InChI=1S/C13H20N4O2.ClH/c1-13(2,3)6-11(18)16-8-12(19)17-9-4-5-10(14)15-7-9;/h4-5,7H,6,8H2,1-3H3,(H2,14,15)(H,16,18)(H,17,19);1H. The Balaban J connectivity index is 0.00000361. The van der Waals surface area contributed by atoms with Crippen molar-refractivity contribution in [3.63, 3.8) is 0 Å². The van der Waals surface area contributed by atoms with Crippen LogP contribution in [0.2, 0.25) is 0 Å². The van der Waals surface area contributed by atoms with Crippen molar-refractivity contribution in [3.05, 3.63) is 18.3 Å². The fourth-order valence-electron chi connectivity index (χ4n) is 1.41. The summed E-state index contributed by atoms with van der Waals surface area (Å²) in [7, 11) is 0. The van der Waals surface area contributed by atoms with Gasteiger partial charge in [-0.2, -0.15) is 0 Å². The highest BCUT2D eigenvalue weighted by molar-refractivity contribution is 5.94. The SMILES string of the molecule is CC(C)(C)CC(=O)NCC(=O)Nc1ccc(N)nc1.Cl. The van der Waals surface area contributed by atoms with E-state index >= 15 is 0 Å². The van der Waals surface area contributed by atoms with Crippen LogP contribution in [0.5, 0.6) is 0 Å². The van der Waals surface area contributed by atoms with E-state index in [0.717, 1.165) is 0 Å².